The van der Waals surface area contributed by atoms with Gasteiger partial charge in [0.25, 0.3) is 0 Å². The topological polar surface area (TPSA) is 66.4 Å². The molecule has 1 aromatic rings. The molecule has 0 saturated carbocycles. The second-order valence-corrected chi connectivity index (χ2v) is 4.68. The van der Waals surface area contributed by atoms with Crippen molar-refractivity contribution in [2.75, 3.05) is 11.1 Å². The summed E-state index contributed by atoms with van der Waals surface area (Å²) in [7, 11) is 0. The molecule has 0 saturated heterocycles. The van der Waals surface area contributed by atoms with Crippen LogP contribution in [0.2, 0.25) is 0 Å². The molecule has 0 spiro atoms. The van der Waals surface area contributed by atoms with Crippen LogP contribution in [-0.2, 0) is 9.59 Å². The Morgan fingerprint density at radius 2 is 2.00 bits per heavy atom. The molecule has 0 fully saturated rings. The fourth-order valence-corrected chi connectivity index (χ4v) is 1.62. The summed E-state index contributed by atoms with van der Waals surface area (Å²) in [5, 5.41) is 10.5. The maximum atomic E-state index is 12.6. The van der Waals surface area contributed by atoms with E-state index in [2.05, 4.69) is 5.32 Å². The Labute approximate surface area is 102 Å². The van der Waals surface area contributed by atoms with Crippen LogP contribution in [0, 0.1) is 5.82 Å². The summed E-state index contributed by atoms with van der Waals surface area (Å²) < 4.78 is 12.6. The van der Waals surface area contributed by atoms with Crippen molar-refractivity contribution in [1.29, 1.82) is 0 Å². The summed E-state index contributed by atoms with van der Waals surface area (Å²) in [6, 6.07) is 5.36. The van der Waals surface area contributed by atoms with E-state index in [1.54, 1.807) is 0 Å². The first-order chi connectivity index (χ1) is 7.99. The molecule has 0 aliphatic rings. The normalized spacial score (nSPS) is 11.9. The molecule has 0 aromatic heterocycles. The Kier molecular flexibility index (Phi) is 4.96. The number of carboxylic acids is 1. The smallest absolute Gasteiger partial charge is 0.316 e. The van der Waals surface area contributed by atoms with E-state index in [0.717, 1.165) is 11.8 Å². The third-order valence-electron chi connectivity index (χ3n) is 1.94. The molecule has 4 nitrogen and oxygen atoms in total. The molecule has 1 atom stereocenters. The third-order valence-corrected chi connectivity index (χ3v) is 3.07. The first-order valence-corrected chi connectivity index (χ1v) is 5.93. The third kappa shape index (κ3) is 4.86. The number of rotatable bonds is 5. The van der Waals surface area contributed by atoms with Crippen LogP contribution in [0.5, 0.6) is 0 Å². The minimum atomic E-state index is -0.954. The zero-order chi connectivity index (χ0) is 12.8. The predicted octanol–water partition coefficient (Wildman–Crippen LogP) is 1.97. The lowest BCUT2D eigenvalue weighted by atomic mass is 10.3. The van der Waals surface area contributed by atoms with Crippen LogP contribution in [-0.4, -0.2) is 28.0 Å². The van der Waals surface area contributed by atoms with Gasteiger partial charge in [-0.2, -0.15) is 0 Å². The number of thioether (sulfide) groups is 1. The van der Waals surface area contributed by atoms with Gasteiger partial charge in [-0.15, -0.1) is 11.8 Å². The summed E-state index contributed by atoms with van der Waals surface area (Å²) in [5.74, 6) is -1.60. The summed E-state index contributed by atoms with van der Waals surface area (Å²) in [5.41, 5.74) is 0.486. The van der Waals surface area contributed by atoms with Gasteiger partial charge in [0.2, 0.25) is 5.91 Å². The van der Waals surface area contributed by atoms with E-state index in [4.69, 9.17) is 5.11 Å². The fourth-order valence-electron chi connectivity index (χ4n) is 1.00. The average molecular weight is 257 g/mol. The lowest BCUT2D eigenvalue weighted by molar-refractivity contribution is -0.136. The van der Waals surface area contributed by atoms with E-state index in [1.165, 1.54) is 31.2 Å². The lowest BCUT2D eigenvalue weighted by Gasteiger charge is -2.07. The van der Waals surface area contributed by atoms with Crippen LogP contribution in [0.3, 0.4) is 0 Å². The monoisotopic (exact) mass is 257 g/mol. The van der Waals surface area contributed by atoms with Crippen LogP contribution in [0.1, 0.15) is 6.92 Å². The van der Waals surface area contributed by atoms with E-state index >= 15 is 0 Å². The van der Waals surface area contributed by atoms with Crippen molar-refractivity contribution in [3.05, 3.63) is 30.1 Å². The van der Waals surface area contributed by atoms with Gasteiger partial charge in [-0.3, -0.25) is 9.59 Å². The molecule has 92 valence electrons. The van der Waals surface area contributed by atoms with E-state index in [9.17, 15) is 14.0 Å². The molecule has 0 aliphatic carbocycles. The number of carbonyl (C=O) groups excluding carboxylic acids is 1. The lowest BCUT2D eigenvalue weighted by Crippen LogP contribution is -2.19. The van der Waals surface area contributed by atoms with Gasteiger partial charge in [-0.1, -0.05) is 0 Å². The fraction of sp³-hybridized carbons (Fsp3) is 0.273. The van der Waals surface area contributed by atoms with Crippen LogP contribution in [0.15, 0.2) is 24.3 Å². The Balaban J connectivity index is 2.39. The van der Waals surface area contributed by atoms with Gasteiger partial charge in [0.15, 0.2) is 0 Å². The molecule has 17 heavy (non-hydrogen) atoms. The van der Waals surface area contributed by atoms with Gasteiger partial charge in [-0.25, -0.2) is 4.39 Å². The van der Waals surface area contributed by atoms with Gasteiger partial charge in [0.05, 0.1) is 11.0 Å². The molecule has 1 aromatic carbocycles. The van der Waals surface area contributed by atoms with Crippen molar-refractivity contribution in [1.82, 2.24) is 0 Å². The molecule has 2 N–H and O–H groups in total. The highest BCUT2D eigenvalue weighted by Gasteiger charge is 2.13. The van der Waals surface area contributed by atoms with Gasteiger partial charge >= 0.3 is 5.97 Å². The van der Waals surface area contributed by atoms with Crippen molar-refractivity contribution in [2.45, 2.75) is 12.2 Å². The van der Waals surface area contributed by atoms with Gasteiger partial charge in [0.1, 0.15) is 5.82 Å². The first kappa shape index (κ1) is 13.5. The summed E-state index contributed by atoms with van der Waals surface area (Å²) >= 11 is 1.03. The van der Waals surface area contributed by atoms with Crippen molar-refractivity contribution < 1.29 is 19.1 Å². The number of carbonyl (C=O) groups is 2. The molecule has 1 amide bonds. The molecule has 6 heteroatoms. The Morgan fingerprint density at radius 1 is 1.41 bits per heavy atom. The van der Waals surface area contributed by atoms with Crippen molar-refractivity contribution in [3.8, 4) is 0 Å². The minimum absolute atomic E-state index is 0.0465. The Bertz CT molecular complexity index is 408. The second-order valence-electron chi connectivity index (χ2n) is 3.35. The first-order valence-electron chi connectivity index (χ1n) is 4.89. The second kappa shape index (κ2) is 6.24. The molecule has 0 bridgehead atoms. The molecular weight excluding hydrogens is 245 g/mol. The van der Waals surface area contributed by atoms with Gasteiger partial charge in [-0.05, 0) is 31.2 Å². The number of aliphatic carboxylic acids is 1. The van der Waals surface area contributed by atoms with Gasteiger partial charge in [0, 0.05) is 5.69 Å². The molecule has 1 rings (SSSR count). The van der Waals surface area contributed by atoms with Crippen molar-refractivity contribution in [2.24, 2.45) is 0 Å². The molecule has 0 radical (unpaired) electrons. The quantitative estimate of drug-likeness (QED) is 0.846. The van der Waals surface area contributed by atoms with Crippen LogP contribution >= 0.6 is 11.8 Å². The number of halogens is 1. The highest BCUT2D eigenvalue weighted by atomic mass is 32.2. The minimum Gasteiger partial charge on any atom is -0.480 e. The number of benzene rings is 1. The Morgan fingerprint density at radius 3 is 2.53 bits per heavy atom. The molecule has 0 heterocycles. The molecule has 0 unspecified atom stereocenters. The van der Waals surface area contributed by atoms with Crippen molar-refractivity contribution in [3.63, 3.8) is 0 Å². The highest BCUT2D eigenvalue weighted by molar-refractivity contribution is 8.01. The summed E-state index contributed by atoms with van der Waals surface area (Å²) in [6.45, 7) is 1.51. The Hall–Kier alpha value is -1.56. The largest absolute Gasteiger partial charge is 0.480 e. The van der Waals surface area contributed by atoms with Gasteiger partial charge < -0.3 is 10.4 Å². The van der Waals surface area contributed by atoms with E-state index < -0.39 is 11.2 Å². The molecule has 0 aliphatic heterocycles. The zero-order valence-corrected chi connectivity index (χ0v) is 9.96. The summed E-state index contributed by atoms with van der Waals surface area (Å²) in [6.07, 6.45) is 0. The van der Waals surface area contributed by atoms with E-state index in [0.29, 0.717) is 5.69 Å². The van der Waals surface area contributed by atoms with Crippen LogP contribution < -0.4 is 5.32 Å². The van der Waals surface area contributed by atoms with E-state index in [-0.39, 0.29) is 17.5 Å². The average Bonchev–Trinajstić information content (AvgIpc) is 2.29. The van der Waals surface area contributed by atoms with E-state index in [1.807, 2.05) is 0 Å². The standard InChI is InChI=1S/C11H12FNO3S/c1-7(11(15)16)17-6-10(14)13-9-4-2-8(12)3-5-9/h2-5,7H,6H2,1H3,(H,13,14)(H,15,16)/t7-/m0/s1. The maximum absolute atomic E-state index is 12.6. The van der Waals surface area contributed by atoms with Crippen molar-refractivity contribution >= 4 is 29.3 Å². The maximum Gasteiger partial charge on any atom is 0.316 e. The zero-order valence-electron chi connectivity index (χ0n) is 9.14. The highest BCUT2D eigenvalue weighted by Crippen LogP contribution is 2.12. The number of nitrogens with one attached hydrogen (secondary N) is 1. The number of anilines is 1. The predicted molar refractivity (Wildman–Crippen MR) is 64.6 cm³/mol. The number of carboxylic acid groups (broad SMARTS) is 1. The SMILES string of the molecule is C[C@H](SCC(=O)Nc1ccc(F)cc1)C(=O)O. The number of hydrogen-bond acceptors (Lipinski definition) is 3. The summed E-state index contributed by atoms with van der Waals surface area (Å²) in [4.78, 5) is 21.9. The number of hydrogen-bond donors (Lipinski definition) is 2. The van der Waals surface area contributed by atoms with Crippen LogP contribution in [0.4, 0.5) is 10.1 Å². The number of amides is 1. The van der Waals surface area contributed by atoms with Crippen LogP contribution in [0.25, 0.3) is 0 Å². The molecular formula is C11H12FNO3S.